The third-order valence-electron chi connectivity index (χ3n) is 6.89. The Morgan fingerprint density at radius 3 is 2.33 bits per heavy atom. The maximum atomic E-state index is 15.5. The van der Waals surface area contributed by atoms with Gasteiger partial charge >= 0.3 is 6.18 Å². The topological polar surface area (TPSA) is 110 Å². The number of halogens is 4. The number of rotatable bonds is 5. The molecule has 1 aromatic carbocycles. The molecule has 1 saturated heterocycles. The van der Waals surface area contributed by atoms with E-state index < -0.39 is 34.6 Å². The molecule has 40 heavy (non-hydrogen) atoms. The van der Waals surface area contributed by atoms with Crippen molar-refractivity contribution in [1.82, 2.24) is 14.9 Å². The number of anilines is 3. The first-order valence-corrected chi connectivity index (χ1v) is 12.4. The van der Waals surface area contributed by atoms with Crippen LogP contribution in [-0.4, -0.2) is 58.9 Å². The van der Waals surface area contributed by atoms with Crippen LogP contribution < -0.4 is 21.1 Å². The Kier molecular flexibility index (Phi) is 7.96. The molecule has 13 heteroatoms. The van der Waals surface area contributed by atoms with Crippen LogP contribution in [0.2, 0.25) is 0 Å². The fraction of sp³-hybridized carbons (Fsp3) is 0.333. The molecule has 1 fully saturated rings. The highest BCUT2D eigenvalue weighted by Crippen LogP contribution is 2.37. The molecule has 0 spiro atoms. The largest absolute Gasteiger partial charge is 0.417 e. The number of nitrogens with one attached hydrogen (secondary N) is 3. The predicted octanol–water partition coefficient (Wildman–Crippen LogP) is 4.33. The number of carbonyl (C=O) groups excluding carboxylic acids is 2. The molecule has 2 aromatic heterocycles. The first-order valence-electron chi connectivity index (χ1n) is 12.4. The van der Waals surface area contributed by atoms with Crippen LogP contribution in [0.5, 0.6) is 0 Å². The van der Waals surface area contributed by atoms with Gasteiger partial charge in [-0.05, 0) is 45.2 Å². The highest BCUT2D eigenvalue weighted by Gasteiger charge is 2.36. The first-order chi connectivity index (χ1) is 18.7. The SMILES string of the molecule is CC(=O)Nc1ccc(-c2cc(NC(=O)c3c[nH]c(=O)cc3C(F)(F)F)c(N3C[C@@H](C)N(C)[C@@H](C)C3)cc2F)cn1. The molecule has 4 rings (SSSR count). The van der Waals surface area contributed by atoms with Gasteiger partial charge in [-0.3, -0.25) is 19.3 Å². The predicted molar refractivity (Wildman–Crippen MR) is 143 cm³/mol. The summed E-state index contributed by atoms with van der Waals surface area (Å²) in [6.45, 7) is 6.24. The first kappa shape index (κ1) is 28.7. The molecule has 2 amide bonds. The number of H-pyrrole nitrogens is 1. The summed E-state index contributed by atoms with van der Waals surface area (Å²) in [4.78, 5) is 46.3. The molecule has 3 heterocycles. The molecule has 9 nitrogen and oxygen atoms in total. The number of benzene rings is 1. The number of nitrogens with zero attached hydrogens (tertiary/aromatic N) is 3. The maximum Gasteiger partial charge on any atom is 0.417 e. The molecule has 3 N–H and O–H groups in total. The van der Waals surface area contributed by atoms with E-state index in [2.05, 4.69) is 25.5 Å². The highest BCUT2D eigenvalue weighted by atomic mass is 19.4. The number of piperazine rings is 1. The summed E-state index contributed by atoms with van der Waals surface area (Å²) in [5, 5.41) is 5.02. The Morgan fingerprint density at radius 1 is 1.07 bits per heavy atom. The van der Waals surface area contributed by atoms with E-state index in [9.17, 15) is 27.6 Å². The van der Waals surface area contributed by atoms with Crippen LogP contribution in [0.4, 0.5) is 34.8 Å². The summed E-state index contributed by atoms with van der Waals surface area (Å²) in [6, 6.07) is 6.01. The zero-order valence-corrected chi connectivity index (χ0v) is 22.2. The van der Waals surface area contributed by atoms with Crippen molar-refractivity contribution in [3.63, 3.8) is 0 Å². The van der Waals surface area contributed by atoms with Gasteiger partial charge in [0, 0.05) is 61.7 Å². The Hall–Kier alpha value is -4.26. The average Bonchev–Trinajstić information content (AvgIpc) is 2.87. The van der Waals surface area contributed by atoms with E-state index in [1.165, 1.54) is 37.4 Å². The van der Waals surface area contributed by atoms with Crippen LogP contribution in [0.3, 0.4) is 0 Å². The van der Waals surface area contributed by atoms with Crippen LogP contribution >= 0.6 is 0 Å². The van der Waals surface area contributed by atoms with Crippen molar-refractivity contribution in [3.8, 4) is 11.1 Å². The van der Waals surface area contributed by atoms with E-state index in [1.54, 1.807) is 0 Å². The Bertz CT molecular complexity index is 1480. The quantitative estimate of drug-likeness (QED) is 0.401. The smallest absolute Gasteiger partial charge is 0.367 e. The normalized spacial score (nSPS) is 17.9. The van der Waals surface area contributed by atoms with Gasteiger partial charge in [0.15, 0.2) is 0 Å². The molecule has 2 atom stereocenters. The van der Waals surface area contributed by atoms with Gasteiger partial charge in [-0.1, -0.05) is 0 Å². The number of carbonyl (C=O) groups is 2. The van der Waals surface area contributed by atoms with Crippen LogP contribution in [0, 0.1) is 5.82 Å². The lowest BCUT2D eigenvalue weighted by Crippen LogP contribution is -2.55. The summed E-state index contributed by atoms with van der Waals surface area (Å²) >= 11 is 0. The minimum absolute atomic E-state index is 0.0358. The molecule has 0 radical (unpaired) electrons. The lowest BCUT2D eigenvalue weighted by atomic mass is 10.0. The number of hydrogen-bond acceptors (Lipinski definition) is 6. The molecule has 1 aliphatic heterocycles. The molecule has 3 aromatic rings. The van der Waals surface area contributed by atoms with Gasteiger partial charge in [-0.15, -0.1) is 0 Å². The molecule has 1 aliphatic rings. The van der Waals surface area contributed by atoms with Crippen molar-refractivity contribution in [2.75, 3.05) is 35.7 Å². The number of likely N-dealkylation sites (N-methyl/N-ethyl adjacent to an activating group) is 1. The van der Waals surface area contributed by atoms with Gasteiger partial charge in [0.2, 0.25) is 11.5 Å². The van der Waals surface area contributed by atoms with E-state index in [0.29, 0.717) is 36.6 Å². The number of aromatic nitrogens is 2. The van der Waals surface area contributed by atoms with Crippen molar-refractivity contribution in [2.24, 2.45) is 0 Å². The van der Waals surface area contributed by atoms with Gasteiger partial charge in [0.25, 0.3) is 5.91 Å². The van der Waals surface area contributed by atoms with Crippen molar-refractivity contribution in [2.45, 2.75) is 39.0 Å². The van der Waals surface area contributed by atoms with Crippen LogP contribution in [0.15, 0.2) is 47.5 Å². The van der Waals surface area contributed by atoms with Crippen LogP contribution in [0.1, 0.15) is 36.7 Å². The third kappa shape index (κ3) is 6.14. The molecule has 0 bridgehead atoms. The lowest BCUT2D eigenvalue weighted by Gasteiger charge is -2.44. The zero-order valence-electron chi connectivity index (χ0n) is 22.2. The second-order valence-corrected chi connectivity index (χ2v) is 9.81. The van der Waals surface area contributed by atoms with Gasteiger partial charge in [-0.2, -0.15) is 13.2 Å². The van der Waals surface area contributed by atoms with Crippen molar-refractivity contribution in [1.29, 1.82) is 0 Å². The maximum absolute atomic E-state index is 15.5. The molecule has 212 valence electrons. The third-order valence-corrected chi connectivity index (χ3v) is 6.89. The monoisotopic (exact) mass is 560 g/mol. The highest BCUT2D eigenvalue weighted by molar-refractivity contribution is 6.07. The molecular weight excluding hydrogens is 532 g/mol. The van der Waals surface area contributed by atoms with E-state index in [-0.39, 0.29) is 35.1 Å². The van der Waals surface area contributed by atoms with Gasteiger partial charge < -0.3 is 20.5 Å². The minimum Gasteiger partial charge on any atom is -0.367 e. The summed E-state index contributed by atoms with van der Waals surface area (Å²) in [5.41, 5.74) is -2.47. The lowest BCUT2D eigenvalue weighted by molar-refractivity contribution is -0.138. The number of hydrogen-bond donors (Lipinski definition) is 3. The van der Waals surface area contributed by atoms with Gasteiger partial charge in [0.1, 0.15) is 11.6 Å². The summed E-state index contributed by atoms with van der Waals surface area (Å²) in [5.74, 6) is -1.85. The molecule has 0 saturated carbocycles. The number of aromatic amines is 1. The summed E-state index contributed by atoms with van der Waals surface area (Å²) < 4.78 is 56.5. The Labute approximate surface area is 227 Å². The van der Waals surface area contributed by atoms with E-state index in [1.807, 2.05) is 25.8 Å². The Balaban J connectivity index is 1.79. The average molecular weight is 561 g/mol. The summed E-state index contributed by atoms with van der Waals surface area (Å²) in [7, 11) is 1.96. The van der Waals surface area contributed by atoms with Crippen LogP contribution in [0.25, 0.3) is 11.1 Å². The van der Waals surface area contributed by atoms with E-state index >= 15 is 4.39 Å². The molecular formula is C27H28F4N6O3. The summed E-state index contributed by atoms with van der Waals surface area (Å²) in [6.07, 6.45) is -2.92. The van der Waals surface area contributed by atoms with E-state index in [0.717, 1.165) is 0 Å². The van der Waals surface area contributed by atoms with E-state index in [4.69, 9.17) is 0 Å². The second-order valence-electron chi connectivity index (χ2n) is 9.81. The fourth-order valence-corrected chi connectivity index (χ4v) is 4.64. The number of alkyl halides is 3. The number of pyridine rings is 2. The minimum atomic E-state index is -4.96. The van der Waals surface area contributed by atoms with Crippen LogP contribution in [-0.2, 0) is 11.0 Å². The van der Waals surface area contributed by atoms with Gasteiger partial charge in [-0.25, -0.2) is 9.37 Å². The zero-order chi connectivity index (χ0) is 29.4. The van der Waals surface area contributed by atoms with Gasteiger partial charge in [0.05, 0.1) is 22.5 Å². The van der Waals surface area contributed by atoms with Crippen molar-refractivity contribution in [3.05, 3.63) is 70.0 Å². The number of amides is 2. The second kappa shape index (κ2) is 11.1. The standard InChI is InChI=1S/C27H28F4N6O3/c1-14-12-37(13-15(2)36(14)4)23-9-21(28)18(17-5-6-24(32-10-17)34-16(3)38)7-22(23)35-26(40)19-11-33-25(39)8-20(19)27(29,30)31/h5-11,14-15H,12-13H2,1-4H3,(H,33,39)(H,35,40)(H,32,34,38)/t14-,15+. The molecule has 0 aliphatic carbocycles. The Morgan fingerprint density at radius 2 is 1.75 bits per heavy atom. The fourth-order valence-electron chi connectivity index (χ4n) is 4.64. The van der Waals surface area contributed by atoms with Crippen molar-refractivity contribution >= 4 is 29.0 Å². The van der Waals surface area contributed by atoms with Crippen molar-refractivity contribution < 1.29 is 27.2 Å². The molecule has 0 unspecified atom stereocenters.